The van der Waals surface area contributed by atoms with E-state index in [0.29, 0.717) is 11.6 Å². The third-order valence-electron chi connectivity index (χ3n) is 4.90. The van der Waals surface area contributed by atoms with E-state index in [9.17, 15) is 8.78 Å². The topological polar surface area (TPSA) is 8.17 Å². The van der Waals surface area contributed by atoms with Crippen LogP contribution in [0.25, 0.3) is 0 Å². The number of hydrogen-bond acceptors (Lipinski definition) is 1. The highest BCUT2D eigenvalue weighted by atomic mass is 35.5. The standard InChI is InChI=1S/C21H19ClF2N2/c22-16-6-1-5-15(13-16)14-26-12-4-11-25-10-3-9-19(25)21(26)20-17(23)7-2-8-18(20)24/h1-3,5-10,13,21H,4,11-12,14H2. The van der Waals surface area contributed by atoms with Gasteiger partial charge in [-0.15, -0.1) is 0 Å². The molecule has 2 aromatic carbocycles. The zero-order valence-electron chi connectivity index (χ0n) is 14.2. The molecule has 1 aliphatic rings. The van der Waals surface area contributed by atoms with E-state index in [1.807, 2.05) is 42.6 Å². The van der Waals surface area contributed by atoms with Crippen LogP contribution in [0.4, 0.5) is 8.78 Å². The van der Waals surface area contributed by atoms with Gasteiger partial charge in [0.1, 0.15) is 11.6 Å². The lowest BCUT2D eigenvalue weighted by molar-refractivity contribution is 0.212. The number of halogens is 3. The number of hydrogen-bond donors (Lipinski definition) is 0. The number of aromatic nitrogens is 1. The molecule has 1 atom stereocenters. The van der Waals surface area contributed by atoms with Gasteiger partial charge in [0, 0.05) is 42.1 Å². The van der Waals surface area contributed by atoms with Crippen molar-refractivity contribution >= 4 is 11.6 Å². The van der Waals surface area contributed by atoms with E-state index in [0.717, 1.165) is 30.8 Å². The Kier molecular flexibility index (Phi) is 4.79. The van der Waals surface area contributed by atoms with Crippen LogP contribution in [0.3, 0.4) is 0 Å². The van der Waals surface area contributed by atoms with E-state index < -0.39 is 17.7 Å². The molecule has 1 aliphatic heterocycles. The highest BCUT2D eigenvalue weighted by Crippen LogP contribution is 2.35. The van der Waals surface area contributed by atoms with Gasteiger partial charge in [0.2, 0.25) is 0 Å². The van der Waals surface area contributed by atoms with Crippen molar-refractivity contribution in [3.05, 3.63) is 94.3 Å². The smallest absolute Gasteiger partial charge is 0.131 e. The summed E-state index contributed by atoms with van der Waals surface area (Å²) in [6.45, 7) is 2.15. The van der Waals surface area contributed by atoms with Crippen LogP contribution in [0.1, 0.15) is 29.3 Å². The van der Waals surface area contributed by atoms with Crippen molar-refractivity contribution in [1.29, 1.82) is 0 Å². The maximum absolute atomic E-state index is 14.6. The van der Waals surface area contributed by atoms with E-state index in [2.05, 4.69) is 9.47 Å². The molecule has 2 nitrogen and oxygen atoms in total. The first kappa shape index (κ1) is 17.3. The molecule has 3 aromatic rings. The normalized spacial score (nSPS) is 17.7. The summed E-state index contributed by atoms with van der Waals surface area (Å²) in [4.78, 5) is 2.13. The van der Waals surface area contributed by atoms with Crippen molar-refractivity contribution in [3.63, 3.8) is 0 Å². The summed E-state index contributed by atoms with van der Waals surface area (Å²) in [5.41, 5.74) is 2.05. The number of benzene rings is 2. The summed E-state index contributed by atoms with van der Waals surface area (Å²) in [5, 5.41) is 0.661. The van der Waals surface area contributed by atoms with Crippen LogP contribution in [0.15, 0.2) is 60.8 Å². The van der Waals surface area contributed by atoms with E-state index in [1.54, 1.807) is 0 Å². The van der Waals surface area contributed by atoms with Crippen molar-refractivity contribution in [2.45, 2.75) is 25.6 Å². The lowest BCUT2D eigenvalue weighted by Crippen LogP contribution is -2.30. The Hall–Kier alpha value is -2.17. The number of fused-ring (bicyclic) bond motifs is 1. The zero-order chi connectivity index (χ0) is 18.1. The van der Waals surface area contributed by atoms with Crippen LogP contribution in [0, 0.1) is 11.6 Å². The Bertz CT molecular complexity index is 902. The Labute approximate surface area is 156 Å². The monoisotopic (exact) mass is 372 g/mol. The van der Waals surface area contributed by atoms with E-state index in [-0.39, 0.29) is 5.56 Å². The van der Waals surface area contributed by atoms with Crippen molar-refractivity contribution in [2.75, 3.05) is 6.54 Å². The van der Waals surface area contributed by atoms with Crippen molar-refractivity contribution in [1.82, 2.24) is 9.47 Å². The van der Waals surface area contributed by atoms with E-state index >= 15 is 0 Å². The van der Waals surface area contributed by atoms with E-state index in [4.69, 9.17) is 11.6 Å². The minimum absolute atomic E-state index is 0.108. The molecule has 134 valence electrons. The predicted molar refractivity (Wildman–Crippen MR) is 99.1 cm³/mol. The molecule has 0 spiro atoms. The summed E-state index contributed by atoms with van der Waals surface area (Å²) in [6, 6.07) is 15.1. The molecule has 1 unspecified atom stereocenters. The molecule has 4 rings (SSSR count). The molecule has 0 amide bonds. The minimum Gasteiger partial charge on any atom is -0.350 e. The van der Waals surface area contributed by atoms with Gasteiger partial charge in [-0.25, -0.2) is 8.78 Å². The number of rotatable bonds is 3. The molecule has 0 fully saturated rings. The SMILES string of the molecule is Fc1cccc(F)c1C1c2cccn2CCCN1Cc1cccc(Cl)c1. The van der Waals surface area contributed by atoms with Crippen molar-refractivity contribution in [3.8, 4) is 0 Å². The average molecular weight is 373 g/mol. The molecule has 2 heterocycles. The van der Waals surface area contributed by atoms with Crippen LogP contribution in [-0.2, 0) is 13.1 Å². The fraction of sp³-hybridized carbons (Fsp3) is 0.238. The fourth-order valence-electron chi connectivity index (χ4n) is 3.78. The average Bonchev–Trinajstić information content (AvgIpc) is 2.99. The quantitative estimate of drug-likeness (QED) is 0.596. The van der Waals surface area contributed by atoms with Crippen molar-refractivity contribution < 1.29 is 8.78 Å². The van der Waals surface area contributed by atoms with E-state index in [1.165, 1.54) is 18.2 Å². The first-order valence-electron chi connectivity index (χ1n) is 8.71. The largest absolute Gasteiger partial charge is 0.350 e. The zero-order valence-corrected chi connectivity index (χ0v) is 15.0. The second-order valence-electron chi connectivity index (χ2n) is 6.62. The molecular formula is C21H19ClF2N2. The molecule has 0 saturated heterocycles. The molecule has 26 heavy (non-hydrogen) atoms. The highest BCUT2D eigenvalue weighted by Gasteiger charge is 2.31. The maximum atomic E-state index is 14.6. The minimum atomic E-state index is -0.513. The van der Waals surface area contributed by atoms with Crippen LogP contribution in [-0.4, -0.2) is 16.0 Å². The first-order valence-corrected chi connectivity index (χ1v) is 9.09. The maximum Gasteiger partial charge on any atom is 0.131 e. The van der Waals surface area contributed by atoms with Crippen LogP contribution < -0.4 is 0 Å². The highest BCUT2D eigenvalue weighted by molar-refractivity contribution is 6.30. The molecule has 0 radical (unpaired) electrons. The lowest BCUT2D eigenvalue weighted by Gasteiger charge is -2.31. The predicted octanol–water partition coefficient (Wildman–Crippen LogP) is 5.42. The third kappa shape index (κ3) is 3.27. The van der Waals surface area contributed by atoms with Gasteiger partial charge in [0.15, 0.2) is 0 Å². The third-order valence-corrected chi connectivity index (χ3v) is 5.14. The summed E-state index contributed by atoms with van der Waals surface area (Å²) < 4.78 is 31.4. The van der Waals surface area contributed by atoms with Crippen molar-refractivity contribution in [2.24, 2.45) is 0 Å². The van der Waals surface area contributed by atoms with Crippen LogP contribution in [0.2, 0.25) is 5.02 Å². The van der Waals surface area contributed by atoms with Gasteiger partial charge in [-0.1, -0.05) is 29.8 Å². The molecule has 1 aromatic heterocycles. The summed E-state index contributed by atoms with van der Waals surface area (Å²) >= 11 is 6.12. The lowest BCUT2D eigenvalue weighted by atomic mass is 9.99. The van der Waals surface area contributed by atoms with Gasteiger partial charge < -0.3 is 4.57 Å². The Balaban J connectivity index is 1.81. The second-order valence-corrected chi connectivity index (χ2v) is 7.05. The molecule has 5 heteroatoms. The second kappa shape index (κ2) is 7.22. The summed E-state index contributed by atoms with van der Waals surface area (Å²) in [7, 11) is 0. The van der Waals surface area contributed by atoms with Crippen LogP contribution in [0.5, 0.6) is 0 Å². The first-order chi connectivity index (χ1) is 12.6. The molecule has 0 aliphatic carbocycles. The summed E-state index contributed by atoms with van der Waals surface area (Å²) in [5.74, 6) is -1.03. The van der Waals surface area contributed by atoms with Gasteiger partial charge in [-0.3, -0.25) is 4.90 Å². The number of nitrogens with zero attached hydrogens (tertiary/aromatic N) is 2. The van der Waals surface area contributed by atoms with Crippen LogP contribution >= 0.6 is 11.6 Å². The molecule has 0 N–H and O–H groups in total. The van der Waals surface area contributed by atoms with Gasteiger partial charge in [0.05, 0.1) is 6.04 Å². The van der Waals surface area contributed by atoms with Gasteiger partial charge in [-0.2, -0.15) is 0 Å². The molecule has 0 saturated carbocycles. The Morgan fingerprint density at radius 3 is 2.50 bits per heavy atom. The molecular weight excluding hydrogens is 354 g/mol. The fourth-order valence-corrected chi connectivity index (χ4v) is 3.99. The van der Waals surface area contributed by atoms with Gasteiger partial charge in [-0.05, 0) is 48.4 Å². The van der Waals surface area contributed by atoms with Gasteiger partial charge in [0.25, 0.3) is 0 Å². The number of aryl methyl sites for hydroxylation is 1. The Morgan fingerprint density at radius 1 is 0.962 bits per heavy atom. The van der Waals surface area contributed by atoms with Gasteiger partial charge >= 0.3 is 0 Å². The summed E-state index contributed by atoms with van der Waals surface area (Å²) in [6.07, 6.45) is 2.89. The molecule has 0 bridgehead atoms. The Morgan fingerprint density at radius 2 is 1.73 bits per heavy atom.